The minimum absolute atomic E-state index is 0.202. The van der Waals surface area contributed by atoms with E-state index < -0.39 is 11.6 Å². The SMILES string of the molecule is Cn1cc(N)c(NCc2ccc(F)cc2F)n1. The highest BCUT2D eigenvalue weighted by molar-refractivity contribution is 5.59. The van der Waals surface area contributed by atoms with Gasteiger partial charge in [-0.1, -0.05) is 6.07 Å². The van der Waals surface area contributed by atoms with Crippen molar-refractivity contribution < 1.29 is 8.78 Å². The van der Waals surface area contributed by atoms with Crippen molar-refractivity contribution >= 4 is 11.5 Å². The Labute approximate surface area is 97.0 Å². The summed E-state index contributed by atoms with van der Waals surface area (Å²) >= 11 is 0. The molecule has 2 rings (SSSR count). The van der Waals surface area contributed by atoms with Crippen LogP contribution in [0.4, 0.5) is 20.3 Å². The zero-order chi connectivity index (χ0) is 12.4. The molecule has 0 fully saturated rings. The van der Waals surface area contributed by atoms with Gasteiger partial charge in [0.2, 0.25) is 0 Å². The number of aryl methyl sites for hydroxylation is 1. The fourth-order valence-electron chi connectivity index (χ4n) is 1.49. The van der Waals surface area contributed by atoms with Crippen molar-refractivity contribution in [2.24, 2.45) is 7.05 Å². The van der Waals surface area contributed by atoms with Crippen LogP contribution in [-0.2, 0) is 13.6 Å². The molecule has 90 valence electrons. The monoisotopic (exact) mass is 238 g/mol. The summed E-state index contributed by atoms with van der Waals surface area (Å²) in [6, 6.07) is 3.44. The fraction of sp³-hybridized carbons (Fsp3) is 0.182. The van der Waals surface area contributed by atoms with E-state index in [0.717, 1.165) is 6.07 Å². The summed E-state index contributed by atoms with van der Waals surface area (Å²) < 4.78 is 27.6. The molecule has 3 N–H and O–H groups in total. The molecule has 2 aromatic rings. The number of rotatable bonds is 3. The average molecular weight is 238 g/mol. The van der Waals surface area contributed by atoms with Crippen LogP contribution in [0.5, 0.6) is 0 Å². The Hall–Kier alpha value is -2.11. The summed E-state index contributed by atoms with van der Waals surface area (Å²) in [6.45, 7) is 0.202. The number of halogens is 2. The maximum Gasteiger partial charge on any atom is 0.171 e. The quantitative estimate of drug-likeness (QED) is 0.858. The first-order chi connectivity index (χ1) is 8.06. The minimum Gasteiger partial charge on any atom is -0.394 e. The Morgan fingerprint density at radius 1 is 1.41 bits per heavy atom. The molecule has 1 aromatic heterocycles. The van der Waals surface area contributed by atoms with Crippen molar-refractivity contribution in [3.8, 4) is 0 Å². The highest BCUT2D eigenvalue weighted by atomic mass is 19.1. The van der Waals surface area contributed by atoms with Crippen LogP contribution in [0.1, 0.15) is 5.56 Å². The lowest BCUT2D eigenvalue weighted by molar-refractivity contribution is 0.574. The van der Waals surface area contributed by atoms with Gasteiger partial charge >= 0.3 is 0 Å². The highest BCUT2D eigenvalue weighted by Crippen LogP contribution is 2.16. The third kappa shape index (κ3) is 2.52. The maximum absolute atomic E-state index is 13.3. The maximum atomic E-state index is 13.3. The van der Waals surface area contributed by atoms with E-state index in [1.54, 1.807) is 17.9 Å². The molecule has 0 amide bonds. The lowest BCUT2D eigenvalue weighted by Gasteiger charge is -2.05. The predicted octanol–water partition coefficient (Wildman–Crippen LogP) is 1.89. The van der Waals surface area contributed by atoms with Crippen LogP contribution in [0, 0.1) is 11.6 Å². The van der Waals surface area contributed by atoms with E-state index in [2.05, 4.69) is 10.4 Å². The van der Waals surface area contributed by atoms with E-state index in [9.17, 15) is 8.78 Å². The van der Waals surface area contributed by atoms with Crippen LogP contribution in [0.3, 0.4) is 0 Å². The molecule has 0 saturated heterocycles. The Morgan fingerprint density at radius 2 is 2.18 bits per heavy atom. The van der Waals surface area contributed by atoms with Crippen molar-refractivity contribution in [2.45, 2.75) is 6.54 Å². The summed E-state index contributed by atoms with van der Waals surface area (Å²) in [6.07, 6.45) is 1.64. The molecule has 0 spiro atoms. The van der Waals surface area contributed by atoms with Gasteiger partial charge in [-0.2, -0.15) is 5.10 Å². The standard InChI is InChI=1S/C11H12F2N4/c1-17-6-10(14)11(16-17)15-5-7-2-3-8(12)4-9(7)13/h2-4,6H,5,14H2,1H3,(H,15,16). The zero-order valence-electron chi connectivity index (χ0n) is 9.24. The van der Waals surface area contributed by atoms with E-state index in [4.69, 9.17) is 5.73 Å². The lowest BCUT2D eigenvalue weighted by atomic mass is 10.2. The first kappa shape index (κ1) is 11.4. The third-order valence-electron chi connectivity index (χ3n) is 2.32. The normalized spacial score (nSPS) is 10.5. The fourth-order valence-corrected chi connectivity index (χ4v) is 1.49. The number of benzene rings is 1. The molecule has 6 heteroatoms. The second kappa shape index (κ2) is 4.40. The first-order valence-corrected chi connectivity index (χ1v) is 5.03. The highest BCUT2D eigenvalue weighted by Gasteiger charge is 2.06. The number of nitrogens with zero attached hydrogens (tertiary/aromatic N) is 2. The summed E-state index contributed by atoms with van der Waals surface area (Å²) in [5, 5.41) is 6.95. The molecular weight excluding hydrogens is 226 g/mol. The van der Waals surface area contributed by atoms with Crippen molar-refractivity contribution in [3.63, 3.8) is 0 Å². The Morgan fingerprint density at radius 3 is 2.76 bits per heavy atom. The molecule has 0 aliphatic rings. The van der Waals surface area contributed by atoms with Gasteiger partial charge in [-0.25, -0.2) is 8.78 Å². The topological polar surface area (TPSA) is 55.9 Å². The summed E-state index contributed by atoms with van der Waals surface area (Å²) in [5.74, 6) is -0.702. The second-order valence-corrected chi connectivity index (χ2v) is 3.70. The number of anilines is 2. The van der Waals surface area contributed by atoms with E-state index in [0.29, 0.717) is 17.1 Å². The van der Waals surface area contributed by atoms with E-state index in [1.165, 1.54) is 12.1 Å². The molecular formula is C11H12F2N4. The molecule has 4 nitrogen and oxygen atoms in total. The number of hydrogen-bond acceptors (Lipinski definition) is 3. The van der Waals surface area contributed by atoms with Crippen LogP contribution in [-0.4, -0.2) is 9.78 Å². The predicted molar refractivity (Wildman–Crippen MR) is 61.3 cm³/mol. The van der Waals surface area contributed by atoms with Crippen LogP contribution >= 0.6 is 0 Å². The third-order valence-corrected chi connectivity index (χ3v) is 2.32. The second-order valence-electron chi connectivity index (χ2n) is 3.70. The first-order valence-electron chi connectivity index (χ1n) is 5.03. The molecule has 0 aliphatic heterocycles. The van der Waals surface area contributed by atoms with Gasteiger partial charge in [0, 0.05) is 31.4 Å². The van der Waals surface area contributed by atoms with Gasteiger partial charge < -0.3 is 11.1 Å². The van der Waals surface area contributed by atoms with Crippen molar-refractivity contribution in [1.82, 2.24) is 9.78 Å². The van der Waals surface area contributed by atoms with Crippen molar-refractivity contribution in [3.05, 3.63) is 41.6 Å². The van der Waals surface area contributed by atoms with E-state index in [1.807, 2.05) is 0 Å². The summed E-state index contributed by atoms with van der Waals surface area (Å²) in [7, 11) is 1.74. The van der Waals surface area contributed by atoms with Gasteiger partial charge in [-0.3, -0.25) is 4.68 Å². The molecule has 0 bridgehead atoms. The number of nitrogens with one attached hydrogen (secondary N) is 1. The number of nitrogens with two attached hydrogens (primary N) is 1. The van der Waals surface area contributed by atoms with Crippen LogP contribution in [0.25, 0.3) is 0 Å². The lowest BCUT2D eigenvalue weighted by Crippen LogP contribution is -2.04. The molecule has 0 unspecified atom stereocenters. The van der Waals surface area contributed by atoms with Gasteiger partial charge in [0.1, 0.15) is 11.6 Å². The van der Waals surface area contributed by atoms with E-state index >= 15 is 0 Å². The summed E-state index contributed by atoms with van der Waals surface area (Å²) in [5.41, 5.74) is 6.51. The van der Waals surface area contributed by atoms with Gasteiger partial charge in [-0.05, 0) is 6.07 Å². The largest absolute Gasteiger partial charge is 0.394 e. The van der Waals surface area contributed by atoms with Gasteiger partial charge in [0.25, 0.3) is 0 Å². The molecule has 0 atom stereocenters. The van der Waals surface area contributed by atoms with Crippen LogP contribution in [0.2, 0.25) is 0 Å². The zero-order valence-corrected chi connectivity index (χ0v) is 9.24. The number of hydrogen-bond donors (Lipinski definition) is 2. The molecule has 17 heavy (non-hydrogen) atoms. The van der Waals surface area contributed by atoms with Crippen LogP contribution < -0.4 is 11.1 Å². The number of aromatic nitrogens is 2. The molecule has 0 saturated carbocycles. The van der Waals surface area contributed by atoms with Crippen LogP contribution in [0.15, 0.2) is 24.4 Å². The minimum atomic E-state index is -0.594. The van der Waals surface area contributed by atoms with Gasteiger partial charge in [0.15, 0.2) is 5.82 Å². The Kier molecular flexibility index (Phi) is 2.95. The molecule has 1 aromatic carbocycles. The van der Waals surface area contributed by atoms with Crippen molar-refractivity contribution in [2.75, 3.05) is 11.1 Å². The molecule has 0 radical (unpaired) electrons. The average Bonchev–Trinajstić information content (AvgIpc) is 2.56. The number of nitrogen functional groups attached to an aromatic ring is 1. The molecule has 1 heterocycles. The van der Waals surface area contributed by atoms with Gasteiger partial charge in [0.05, 0.1) is 5.69 Å². The molecule has 0 aliphatic carbocycles. The summed E-state index contributed by atoms with van der Waals surface area (Å²) in [4.78, 5) is 0. The van der Waals surface area contributed by atoms with Crippen molar-refractivity contribution in [1.29, 1.82) is 0 Å². The Bertz CT molecular complexity index is 536. The Balaban J connectivity index is 2.10. The van der Waals surface area contributed by atoms with Gasteiger partial charge in [-0.15, -0.1) is 0 Å². The smallest absolute Gasteiger partial charge is 0.171 e. The van der Waals surface area contributed by atoms with E-state index in [-0.39, 0.29) is 6.54 Å².